The number of aryl methyl sites for hydroxylation is 1. The lowest BCUT2D eigenvalue weighted by atomic mass is 9.66. The number of amidine groups is 2. The first-order chi connectivity index (χ1) is 14.7. The Balaban J connectivity index is 1.81. The lowest BCUT2D eigenvalue weighted by Gasteiger charge is -2.47. The average Bonchev–Trinajstić information content (AvgIpc) is 3.02. The van der Waals surface area contributed by atoms with Gasteiger partial charge in [0.2, 0.25) is 0 Å². The van der Waals surface area contributed by atoms with Crippen molar-refractivity contribution in [3.05, 3.63) is 59.1 Å². The van der Waals surface area contributed by atoms with Crippen molar-refractivity contribution in [3.8, 4) is 0 Å². The van der Waals surface area contributed by atoms with Gasteiger partial charge in [0.15, 0.2) is 11.0 Å². The van der Waals surface area contributed by atoms with Crippen LogP contribution in [0.2, 0.25) is 5.02 Å². The molecule has 31 heavy (non-hydrogen) atoms. The number of rotatable bonds is 2. The molecule has 5 heteroatoms. The maximum atomic E-state index is 6.71. The Morgan fingerprint density at radius 2 is 1.71 bits per heavy atom. The van der Waals surface area contributed by atoms with Crippen LogP contribution >= 0.6 is 23.4 Å². The second-order valence-corrected chi connectivity index (χ2v) is 11.0. The predicted octanol–water partition coefficient (Wildman–Crippen LogP) is 7.89. The fourth-order valence-corrected chi connectivity index (χ4v) is 5.76. The van der Waals surface area contributed by atoms with Gasteiger partial charge in [0.05, 0.1) is 16.4 Å². The molecule has 3 nitrogen and oxygen atoms in total. The van der Waals surface area contributed by atoms with Crippen LogP contribution in [-0.4, -0.2) is 22.8 Å². The molecule has 0 amide bonds. The van der Waals surface area contributed by atoms with E-state index in [-0.39, 0.29) is 5.54 Å². The highest BCUT2D eigenvalue weighted by Crippen LogP contribution is 2.50. The Morgan fingerprint density at radius 3 is 2.29 bits per heavy atom. The van der Waals surface area contributed by atoms with Gasteiger partial charge in [-0.1, -0.05) is 74.0 Å². The SMILES string of the molecule is CSC1=NC(=Nc2ccc(C)cc2)C2(CCC(C(C)(C)C)CC2)N1c1ccccc1Cl. The topological polar surface area (TPSA) is 28.0 Å². The summed E-state index contributed by atoms with van der Waals surface area (Å²) < 4.78 is 0. The molecule has 1 fully saturated rings. The number of thioether (sulfide) groups is 1. The minimum atomic E-state index is -0.254. The maximum Gasteiger partial charge on any atom is 0.171 e. The number of anilines is 1. The Morgan fingerprint density at radius 1 is 1.06 bits per heavy atom. The average molecular weight is 454 g/mol. The van der Waals surface area contributed by atoms with Crippen LogP contribution in [0.5, 0.6) is 0 Å². The number of benzene rings is 2. The van der Waals surface area contributed by atoms with Crippen molar-refractivity contribution < 1.29 is 0 Å². The molecular weight excluding hydrogens is 422 g/mol. The molecule has 4 rings (SSSR count). The van der Waals surface area contributed by atoms with Gasteiger partial charge in [-0.3, -0.25) is 0 Å². The number of halogens is 1. The zero-order valence-corrected chi connectivity index (χ0v) is 20.7. The van der Waals surface area contributed by atoms with Gasteiger partial charge < -0.3 is 4.90 Å². The molecule has 0 atom stereocenters. The Hall–Kier alpha value is -1.78. The zero-order valence-electron chi connectivity index (χ0n) is 19.2. The molecule has 1 heterocycles. The largest absolute Gasteiger partial charge is 0.306 e. The quantitative estimate of drug-likeness (QED) is 0.462. The summed E-state index contributed by atoms with van der Waals surface area (Å²) in [6, 6.07) is 16.5. The molecule has 1 saturated carbocycles. The van der Waals surface area contributed by atoms with E-state index in [0.29, 0.717) is 11.3 Å². The van der Waals surface area contributed by atoms with Crippen LogP contribution in [0.25, 0.3) is 0 Å². The van der Waals surface area contributed by atoms with E-state index in [2.05, 4.69) is 75.2 Å². The monoisotopic (exact) mass is 453 g/mol. The molecule has 0 N–H and O–H groups in total. The Labute approximate surface area is 196 Å². The first-order valence-corrected chi connectivity index (χ1v) is 12.7. The summed E-state index contributed by atoms with van der Waals surface area (Å²) in [6.07, 6.45) is 6.46. The highest BCUT2D eigenvalue weighted by molar-refractivity contribution is 8.13. The van der Waals surface area contributed by atoms with Gasteiger partial charge in [0, 0.05) is 0 Å². The third kappa shape index (κ3) is 4.29. The van der Waals surface area contributed by atoms with E-state index < -0.39 is 0 Å². The van der Waals surface area contributed by atoms with Crippen molar-refractivity contribution in [2.75, 3.05) is 11.2 Å². The van der Waals surface area contributed by atoms with E-state index in [1.807, 2.05) is 12.1 Å². The first-order valence-electron chi connectivity index (χ1n) is 11.1. The number of para-hydroxylation sites is 1. The van der Waals surface area contributed by atoms with Crippen LogP contribution in [0, 0.1) is 18.3 Å². The van der Waals surface area contributed by atoms with E-state index in [4.69, 9.17) is 21.6 Å². The molecule has 0 aromatic heterocycles. The second kappa shape index (κ2) is 8.63. The van der Waals surface area contributed by atoms with E-state index in [9.17, 15) is 0 Å². The van der Waals surface area contributed by atoms with Crippen molar-refractivity contribution in [2.24, 2.45) is 21.3 Å². The van der Waals surface area contributed by atoms with Crippen LogP contribution in [0.3, 0.4) is 0 Å². The number of hydrogen-bond donors (Lipinski definition) is 0. The fourth-order valence-electron chi connectivity index (χ4n) is 4.91. The van der Waals surface area contributed by atoms with Gasteiger partial charge in [0.25, 0.3) is 0 Å². The van der Waals surface area contributed by atoms with Gasteiger partial charge in [-0.25, -0.2) is 9.98 Å². The number of nitrogens with zero attached hydrogens (tertiary/aromatic N) is 3. The maximum absolute atomic E-state index is 6.71. The third-order valence-corrected chi connectivity index (χ3v) is 7.78. The van der Waals surface area contributed by atoms with Crippen molar-refractivity contribution in [1.29, 1.82) is 0 Å². The van der Waals surface area contributed by atoms with Gasteiger partial charge in [0.1, 0.15) is 5.54 Å². The van der Waals surface area contributed by atoms with E-state index in [0.717, 1.165) is 53.1 Å². The third-order valence-electron chi connectivity index (χ3n) is 6.82. The van der Waals surface area contributed by atoms with Gasteiger partial charge in [-0.2, -0.15) is 0 Å². The van der Waals surface area contributed by atoms with E-state index in [1.54, 1.807) is 11.8 Å². The Bertz CT molecular complexity index is 996. The summed E-state index contributed by atoms with van der Waals surface area (Å²) in [5.74, 6) is 1.62. The molecule has 2 aromatic rings. The molecular formula is C26H32ClN3S. The molecule has 0 saturated heterocycles. The number of hydrogen-bond acceptors (Lipinski definition) is 3. The van der Waals surface area contributed by atoms with Gasteiger partial charge >= 0.3 is 0 Å². The molecule has 0 radical (unpaired) electrons. The van der Waals surface area contributed by atoms with Crippen molar-refractivity contribution in [2.45, 2.75) is 58.9 Å². The van der Waals surface area contributed by atoms with Crippen LogP contribution in [-0.2, 0) is 0 Å². The highest BCUT2D eigenvalue weighted by atomic mass is 35.5. The fraction of sp³-hybridized carbons (Fsp3) is 0.462. The molecule has 1 spiro atoms. The Kier molecular flexibility index (Phi) is 6.24. The van der Waals surface area contributed by atoms with Crippen LogP contribution in [0.15, 0.2) is 58.5 Å². The summed E-state index contributed by atoms with van der Waals surface area (Å²) in [5.41, 5.74) is 3.29. The lowest BCUT2D eigenvalue weighted by molar-refractivity contribution is 0.158. The molecule has 2 aromatic carbocycles. The van der Waals surface area contributed by atoms with Crippen molar-refractivity contribution in [1.82, 2.24) is 0 Å². The summed E-state index contributed by atoms with van der Waals surface area (Å²) >= 11 is 8.38. The molecule has 1 aliphatic heterocycles. The second-order valence-electron chi connectivity index (χ2n) is 9.83. The first kappa shape index (κ1) is 22.4. The molecule has 164 valence electrons. The smallest absolute Gasteiger partial charge is 0.171 e. The normalized spacial score (nSPS) is 25.4. The number of aliphatic imine (C=N–C) groups is 2. The van der Waals surface area contributed by atoms with Crippen LogP contribution in [0.4, 0.5) is 11.4 Å². The lowest BCUT2D eigenvalue weighted by Crippen LogP contribution is -2.54. The molecule has 1 aliphatic carbocycles. The van der Waals surface area contributed by atoms with Crippen molar-refractivity contribution in [3.63, 3.8) is 0 Å². The van der Waals surface area contributed by atoms with Gasteiger partial charge in [-0.15, -0.1) is 0 Å². The summed E-state index contributed by atoms with van der Waals surface area (Å²) in [5, 5.41) is 1.74. The summed E-state index contributed by atoms with van der Waals surface area (Å²) in [6.45, 7) is 9.19. The molecule has 0 unspecified atom stereocenters. The molecule has 2 aliphatic rings. The zero-order chi connectivity index (χ0) is 22.2. The van der Waals surface area contributed by atoms with E-state index in [1.165, 1.54) is 5.56 Å². The van der Waals surface area contributed by atoms with Crippen molar-refractivity contribution >= 4 is 45.7 Å². The molecule has 0 bridgehead atoms. The van der Waals surface area contributed by atoms with E-state index >= 15 is 0 Å². The summed E-state index contributed by atoms with van der Waals surface area (Å²) in [4.78, 5) is 12.6. The minimum Gasteiger partial charge on any atom is -0.306 e. The minimum absolute atomic E-state index is 0.254. The summed E-state index contributed by atoms with van der Waals surface area (Å²) in [7, 11) is 0. The standard InChI is InChI=1S/C26H32ClN3S/c1-18-10-12-20(13-11-18)28-23-26(16-14-19(15-17-26)25(2,3)4)30(24(29-23)31-5)22-9-7-6-8-21(22)27/h6-13,19H,14-17H2,1-5H3. The predicted molar refractivity (Wildman–Crippen MR) is 137 cm³/mol. The highest BCUT2D eigenvalue weighted by Gasteiger charge is 2.52. The van der Waals surface area contributed by atoms with Crippen LogP contribution in [0.1, 0.15) is 52.0 Å². The van der Waals surface area contributed by atoms with Gasteiger partial charge in [-0.05, 0) is 74.5 Å². The van der Waals surface area contributed by atoms with Crippen LogP contribution < -0.4 is 4.90 Å².